The normalized spacial score (nSPS) is 18.0. The number of hydrogen-bond donors (Lipinski definition) is 1. The summed E-state index contributed by atoms with van der Waals surface area (Å²) in [6.07, 6.45) is 0.729. The average Bonchev–Trinajstić information content (AvgIpc) is 2.74. The largest absolute Gasteiger partial charge is 0.378 e. The van der Waals surface area contributed by atoms with Gasteiger partial charge in [0.15, 0.2) is 0 Å². The average molecular weight is 387 g/mol. The Morgan fingerprint density at radius 3 is 2.34 bits per heavy atom. The molecule has 1 N–H and O–H groups in total. The van der Waals surface area contributed by atoms with Gasteiger partial charge >= 0.3 is 0 Å². The van der Waals surface area contributed by atoms with E-state index in [4.69, 9.17) is 0 Å². The Bertz CT molecular complexity index is 1030. The molecule has 4 rings (SSSR count). The number of fused-ring (bicyclic) bond motifs is 1. The van der Waals surface area contributed by atoms with Crippen molar-refractivity contribution in [3.8, 4) is 0 Å². The van der Waals surface area contributed by atoms with Gasteiger partial charge in [-0.2, -0.15) is 0 Å². The monoisotopic (exact) mass is 387 g/mol. The van der Waals surface area contributed by atoms with Gasteiger partial charge < -0.3 is 10.2 Å². The molecular weight excluding hydrogens is 366 g/mol. The lowest BCUT2D eigenvalue weighted by atomic mass is 9.90. The topological polar surface area (TPSA) is 75.5 Å². The summed E-state index contributed by atoms with van der Waals surface area (Å²) in [7, 11) is 0. The van der Waals surface area contributed by atoms with Gasteiger partial charge in [0.2, 0.25) is 0 Å². The van der Waals surface area contributed by atoms with Gasteiger partial charge in [0.05, 0.1) is 11.0 Å². The zero-order valence-corrected chi connectivity index (χ0v) is 16.0. The third kappa shape index (κ3) is 3.69. The number of benzene rings is 3. The molecule has 146 valence electrons. The van der Waals surface area contributed by atoms with Gasteiger partial charge in [-0.05, 0) is 49.2 Å². The maximum absolute atomic E-state index is 13.2. The highest BCUT2D eigenvalue weighted by molar-refractivity contribution is 6.07. The van der Waals surface area contributed by atoms with E-state index in [1.54, 1.807) is 12.1 Å². The van der Waals surface area contributed by atoms with Crippen molar-refractivity contribution in [2.24, 2.45) is 0 Å². The fraction of sp³-hybridized carbons (Fsp3) is 0.174. The highest BCUT2D eigenvalue weighted by Crippen LogP contribution is 2.39. The highest BCUT2D eigenvalue weighted by Gasteiger charge is 2.34. The molecule has 1 heterocycles. The number of nitro groups is 1. The smallest absolute Gasteiger partial charge is 0.269 e. The molecular formula is C23H21N3O3. The summed E-state index contributed by atoms with van der Waals surface area (Å²) < 4.78 is 0. The van der Waals surface area contributed by atoms with Crippen molar-refractivity contribution >= 4 is 23.0 Å². The fourth-order valence-corrected chi connectivity index (χ4v) is 3.86. The number of non-ortho nitro benzene ring substituents is 1. The standard InChI is InChI=1S/C23H21N3O3/c1-16-15-21(24-18-11-13-19(14-12-18)26(28)29)20-9-5-6-10-22(20)25(16)23(27)17-7-3-2-4-8-17/h2-14,16,21,24H,15H2,1H3/t16-,21+/m0/s1. The number of carbonyl (C=O) groups is 1. The van der Waals surface area contributed by atoms with Crippen LogP contribution in [-0.2, 0) is 0 Å². The second kappa shape index (κ2) is 7.75. The lowest BCUT2D eigenvalue weighted by molar-refractivity contribution is -0.384. The van der Waals surface area contributed by atoms with E-state index in [0.717, 1.165) is 23.4 Å². The van der Waals surface area contributed by atoms with Crippen molar-refractivity contribution in [1.82, 2.24) is 0 Å². The summed E-state index contributed by atoms with van der Waals surface area (Å²) in [5, 5.41) is 14.3. The van der Waals surface area contributed by atoms with Gasteiger partial charge in [0.25, 0.3) is 11.6 Å². The Morgan fingerprint density at radius 1 is 1.00 bits per heavy atom. The van der Waals surface area contributed by atoms with Gasteiger partial charge in [-0.1, -0.05) is 36.4 Å². The molecule has 0 aliphatic carbocycles. The second-order valence-corrected chi connectivity index (χ2v) is 7.19. The van der Waals surface area contributed by atoms with Crippen LogP contribution in [0.1, 0.15) is 35.3 Å². The van der Waals surface area contributed by atoms with Gasteiger partial charge in [0.1, 0.15) is 0 Å². The van der Waals surface area contributed by atoms with E-state index in [0.29, 0.717) is 5.56 Å². The van der Waals surface area contributed by atoms with Crippen LogP contribution in [0.25, 0.3) is 0 Å². The molecule has 6 heteroatoms. The Labute approximate surface area is 168 Å². The fourth-order valence-electron chi connectivity index (χ4n) is 3.86. The number of carbonyl (C=O) groups excluding carboxylic acids is 1. The second-order valence-electron chi connectivity index (χ2n) is 7.19. The summed E-state index contributed by atoms with van der Waals surface area (Å²) >= 11 is 0. The molecule has 0 bridgehead atoms. The lowest BCUT2D eigenvalue weighted by Gasteiger charge is -2.40. The zero-order valence-electron chi connectivity index (χ0n) is 16.0. The van der Waals surface area contributed by atoms with E-state index >= 15 is 0 Å². The van der Waals surface area contributed by atoms with E-state index in [9.17, 15) is 14.9 Å². The first-order chi connectivity index (χ1) is 14.0. The van der Waals surface area contributed by atoms with Crippen molar-refractivity contribution in [1.29, 1.82) is 0 Å². The van der Waals surface area contributed by atoms with Crippen LogP contribution in [0.2, 0.25) is 0 Å². The molecule has 0 saturated heterocycles. The van der Waals surface area contributed by atoms with Crippen molar-refractivity contribution in [3.05, 3.63) is 100 Å². The molecule has 0 fully saturated rings. The van der Waals surface area contributed by atoms with E-state index < -0.39 is 4.92 Å². The molecule has 29 heavy (non-hydrogen) atoms. The predicted octanol–water partition coefficient (Wildman–Crippen LogP) is 5.19. The molecule has 6 nitrogen and oxygen atoms in total. The molecule has 1 amide bonds. The molecule has 0 aromatic heterocycles. The summed E-state index contributed by atoms with van der Waals surface area (Å²) in [5.41, 5.74) is 3.46. The number of nitrogens with one attached hydrogen (secondary N) is 1. The van der Waals surface area contributed by atoms with Crippen molar-refractivity contribution in [2.45, 2.75) is 25.4 Å². The first kappa shape index (κ1) is 18.7. The van der Waals surface area contributed by atoms with Crippen molar-refractivity contribution in [3.63, 3.8) is 0 Å². The summed E-state index contributed by atoms with van der Waals surface area (Å²) in [6, 6.07) is 23.6. The Hall–Kier alpha value is -3.67. The maximum Gasteiger partial charge on any atom is 0.269 e. The number of para-hydroxylation sites is 1. The van der Waals surface area contributed by atoms with Gasteiger partial charge in [-0.15, -0.1) is 0 Å². The molecule has 0 saturated carbocycles. The number of nitrogens with zero attached hydrogens (tertiary/aromatic N) is 2. The Balaban J connectivity index is 1.64. The van der Waals surface area contributed by atoms with Crippen LogP contribution in [0.3, 0.4) is 0 Å². The Morgan fingerprint density at radius 2 is 1.66 bits per heavy atom. The van der Waals surface area contributed by atoms with E-state index in [1.807, 2.05) is 66.4 Å². The Kier molecular flexibility index (Phi) is 4.99. The van der Waals surface area contributed by atoms with Crippen LogP contribution >= 0.6 is 0 Å². The van der Waals surface area contributed by atoms with Crippen LogP contribution in [-0.4, -0.2) is 16.9 Å². The third-order valence-corrected chi connectivity index (χ3v) is 5.25. The molecule has 2 atom stereocenters. The lowest BCUT2D eigenvalue weighted by Crippen LogP contribution is -2.44. The van der Waals surface area contributed by atoms with E-state index in [2.05, 4.69) is 5.32 Å². The first-order valence-corrected chi connectivity index (χ1v) is 9.53. The van der Waals surface area contributed by atoms with Gasteiger partial charge in [-0.25, -0.2) is 0 Å². The minimum atomic E-state index is -0.408. The third-order valence-electron chi connectivity index (χ3n) is 5.25. The summed E-state index contributed by atoms with van der Waals surface area (Å²) in [4.78, 5) is 25.5. The summed E-state index contributed by atoms with van der Waals surface area (Å²) in [6.45, 7) is 2.04. The van der Waals surface area contributed by atoms with Crippen LogP contribution in [0.5, 0.6) is 0 Å². The van der Waals surface area contributed by atoms with Crippen LogP contribution in [0.15, 0.2) is 78.9 Å². The van der Waals surface area contributed by atoms with E-state index in [-0.39, 0.29) is 23.7 Å². The van der Waals surface area contributed by atoms with Crippen molar-refractivity contribution in [2.75, 3.05) is 10.2 Å². The van der Waals surface area contributed by atoms with Crippen molar-refractivity contribution < 1.29 is 9.72 Å². The predicted molar refractivity (Wildman–Crippen MR) is 113 cm³/mol. The molecule has 1 aliphatic rings. The number of hydrogen-bond acceptors (Lipinski definition) is 4. The number of rotatable bonds is 4. The van der Waals surface area contributed by atoms with Crippen LogP contribution < -0.4 is 10.2 Å². The zero-order chi connectivity index (χ0) is 20.4. The molecule has 3 aromatic rings. The molecule has 0 spiro atoms. The number of nitro benzene ring substituents is 1. The first-order valence-electron chi connectivity index (χ1n) is 9.53. The summed E-state index contributed by atoms with van der Waals surface area (Å²) in [5.74, 6) is -0.0145. The van der Waals surface area contributed by atoms with Gasteiger partial charge in [-0.3, -0.25) is 14.9 Å². The number of amides is 1. The molecule has 0 unspecified atom stereocenters. The quantitative estimate of drug-likeness (QED) is 0.494. The van der Waals surface area contributed by atoms with Crippen LogP contribution in [0.4, 0.5) is 17.1 Å². The number of anilines is 2. The minimum absolute atomic E-state index is 0.00230. The van der Waals surface area contributed by atoms with Gasteiger partial charge in [0, 0.05) is 35.1 Å². The highest BCUT2D eigenvalue weighted by atomic mass is 16.6. The maximum atomic E-state index is 13.2. The molecule has 3 aromatic carbocycles. The minimum Gasteiger partial charge on any atom is -0.378 e. The molecule has 0 radical (unpaired) electrons. The SMILES string of the molecule is C[C@H]1C[C@@H](Nc2ccc([N+](=O)[O-])cc2)c2ccccc2N1C(=O)c1ccccc1. The van der Waals surface area contributed by atoms with E-state index in [1.165, 1.54) is 12.1 Å². The van der Waals surface area contributed by atoms with Crippen LogP contribution in [0, 0.1) is 10.1 Å². The molecule has 1 aliphatic heterocycles.